The number of likely N-dealkylation sites (tertiary alicyclic amines) is 1. The van der Waals surface area contributed by atoms with Gasteiger partial charge in [0.05, 0.1) is 12.7 Å². The summed E-state index contributed by atoms with van der Waals surface area (Å²) in [7, 11) is 7.68. The molecule has 0 saturated carbocycles. The first-order chi connectivity index (χ1) is 15.4. The summed E-state index contributed by atoms with van der Waals surface area (Å²) in [4.78, 5) is 16.8. The monoisotopic (exact) mass is 435 g/mol. The van der Waals surface area contributed by atoms with Gasteiger partial charge in [-0.3, -0.25) is 4.90 Å². The highest BCUT2D eigenvalue weighted by atomic mass is 19.1. The van der Waals surface area contributed by atoms with Gasteiger partial charge >= 0.3 is 5.97 Å². The maximum atomic E-state index is 14.7. The molecule has 1 fully saturated rings. The zero-order valence-electron chi connectivity index (χ0n) is 19.1. The number of nitrogens with zero attached hydrogens (tertiary/aromatic N) is 3. The number of esters is 1. The van der Waals surface area contributed by atoms with Crippen molar-refractivity contribution < 1.29 is 13.9 Å². The van der Waals surface area contributed by atoms with Gasteiger partial charge in [0.2, 0.25) is 0 Å². The summed E-state index contributed by atoms with van der Waals surface area (Å²) in [6.07, 6.45) is 4.11. The summed E-state index contributed by atoms with van der Waals surface area (Å²) in [6, 6.07) is 11.7. The van der Waals surface area contributed by atoms with Crippen LogP contribution in [-0.2, 0) is 18.2 Å². The Morgan fingerprint density at radius 1 is 1.19 bits per heavy atom. The Kier molecular flexibility index (Phi) is 5.30. The summed E-state index contributed by atoms with van der Waals surface area (Å²) in [5.74, 6) is -0.0985. The zero-order chi connectivity index (χ0) is 22.6. The molecular weight excluding hydrogens is 405 g/mol. The van der Waals surface area contributed by atoms with Gasteiger partial charge in [0.25, 0.3) is 0 Å². The molecule has 0 spiro atoms. The normalized spacial score (nSPS) is 23.2. The molecule has 0 amide bonds. The minimum atomic E-state index is -0.324. The summed E-state index contributed by atoms with van der Waals surface area (Å²) >= 11 is 0. The number of aromatic nitrogens is 1. The molecule has 0 bridgehead atoms. The summed E-state index contributed by atoms with van der Waals surface area (Å²) < 4.78 is 21.7. The molecule has 5 rings (SSSR count). The molecule has 1 unspecified atom stereocenters. The number of hydrogen-bond acceptors (Lipinski definition) is 4. The van der Waals surface area contributed by atoms with E-state index in [-0.39, 0.29) is 17.8 Å². The lowest BCUT2D eigenvalue weighted by molar-refractivity contribution is 0.0601. The molecule has 1 saturated heterocycles. The lowest BCUT2D eigenvalue weighted by atomic mass is 9.93. The second kappa shape index (κ2) is 8.01. The van der Waals surface area contributed by atoms with E-state index in [2.05, 4.69) is 40.7 Å². The van der Waals surface area contributed by atoms with Crippen LogP contribution in [-0.4, -0.2) is 60.7 Å². The van der Waals surface area contributed by atoms with E-state index in [4.69, 9.17) is 4.74 Å². The largest absolute Gasteiger partial charge is 0.465 e. The van der Waals surface area contributed by atoms with Crippen LogP contribution in [0.1, 0.15) is 45.4 Å². The third kappa shape index (κ3) is 3.33. The number of halogens is 1. The average Bonchev–Trinajstić information content (AvgIpc) is 3.48. The first-order valence-corrected chi connectivity index (χ1v) is 11.2. The molecule has 1 aliphatic carbocycles. The molecular formula is C26H30FN3O2. The van der Waals surface area contributed by atoms with E-state index in [9.17, 15) is 9.18 Å². The first kappa shape index (κ1) is 21.2. The van der Waals surface area contributed by atoms with E-state index >= 15 is 0 Å². The van der Waals surface area contributed by atoms with E-state index < -0.39 is 0 Å². The second-order valence-corrected chi connectivity index (χ2v) is 9.38. The van der Waals surface area contributed by atoms with Gasteiger partial charge in [0.1, 0.15) is 5.82 Å². The van der Waals surface area contributed by atoms with Crippen molar-refractivity contribution in [3.05, 3.63) is 70.7 Å². The maximum Gasteiger partial charge on any atom is 0.337 e. The molecule has 3 aromatic rings. The number of fused-ring (bicyclic) bond motifs is 2. The van der Waals surface area contributed by atoms with Crippen LogP contribution in [0.25, 0.3) is 10.9 Å². The number of rotatable bonds is 4. The summed E-state index contributed by atoms with van der Waals surface area (Å²) in [5.41, 5.74) is 4.91. The van der Waals surface area contributed by atoms with Crippen molar-refractivity contribution in [1.29, 1.82) is 0 Å². The van der Waals surface area contributed by atoms with Gasteiger partial charge in [-0.2, -0.15) is 0 Å². The Morgan fingerprint density at radius 2 is 2.00 bits per heavy atom. The van der Waals surface area contributed by atoms with Crippen molar-refractivity contribution in [2.24, 2.45) is 7.05 Å². The predicted octanol–water partition coefficient (Wildman–Crippen LogP) is 4.12. The van der Waals surface area contributed by atoms with Crippen molar-refractivity contribution >= 4 is 16.9 Å². The standard InChI is InChI=1S/C26H30FN3O2/c1-28(2)24-15-30(22-11-9-16-6-5-7-21(27)25(16)22)14-20(24)19-13-29(3)23-12-17(26(31)32-4)8-10-18(19)23/h5-8,10,12-13,20,22,24H,9,11,14-15H2,1-4H3/t20-,22?,24+/m0/s1. The van der Waals surface area contributed by atoms with Crippen molar-refractivity contribution in [1.82, 2.24) is 14.4 Å². The Morgan fingerprint density at radius 3 is 2.75 bits per heavy atom. The number of carbonyl (C=O) groups is 1. The van der Waals surface area contributed by atoms with E-state index in [0.29, 0.717) is 17.5 Å². The summed E-state index contributed by atoms with van der Waals surface area (Å²) in [5, 5.41) is 1.16. The van der Waals surface area contributed by atoms with Crippen LogP contribution >= 0.6 is 0 Å². The first-order valence-electron chi connectivity index (χ1n) is 11.2. The number of likely N-dealkylation sites (N-methyl/N-ethyl adjacent to an activating group) is 1. The molecule has 2 aromatic carbocycles. The molecule has 168 valence electrons. The van der Waals surface area contributed by atoms with Crippen molar-refractivity contribution in [2.75, 3.05) is 34.3 Å². The van der Waals surface area contributed by atoms with Gasteiger partial charge in [-0.15, -0.1) is 0 Å². The van der Waals surface area contributed by atoms with E-state index in [0.717, 1.165) is 48.0 Å². The van der Waals surface area contributed by atoms with Crippen LogP contribution in [0.3, 0.4) is 0 Å². The van der Waals surface area contributed by atoms with Gasteiger partial charge in [-0.25, -0.2) is 9.18 Å². The number of carbonyl (C=O) groups excluding carboxylic acids is 1. The number of ether oxygens (including phenoxy) is 1. The smallest absolute Gasteiger partial charge is 0.337 e. The Bertz CT molecular complexity index is 1190. The summed E-state index contributed by atoms with van der Waals surface area (Å²) in [6.45, 7) is 1.80. The van der Waals surface area contributed by atoms with Crippen LogP contribution in [0.15, 0.2) is 42.6 Å². The van der Waals surface area contributed by atoms with Gasteiger partial charge in [0, 0.05) is 60.8 Å². The highest BCUT2D eigenvalue weighted by molar-refractivity contribution is 5.95. The van der Waals surface area contributed by atoms with Crippen LogP contribution in [0.4, 0.5) is 4.39 Å². The Balaban J connectivity index is 1.51. The molecule has 0 N–H and O–H groups in total. The third-order valence-electron chi connectivity index (χ3n) is 7.43. The molecule has 2 aliphatic rings. The number of benzene rings is 2. The molecule has 5 nitrogen and oxygen atoms in total. The SMILES string of the molecule is COC(=O)c1ccc2c([C@@H]3CN(C4CCc5cccc(F)c54)C[C@H]3N(C)C)cn(C)c2c1. The second-order valence-electron chi connectivity index (χ2n) is 9.38. The Labute approximate surface area is 188 Å². The van der Waals surface area contributed by atoms with Gasteiger partial charge in [0.15, 0.2) is 0 Å². The third-order valence-corrected chi connectivity index (χ3v) is 7.43. The average molecular weight is 436 g/mol. The van der Waals surface area contributed by atoms with Crippen molar-refractivity contribution in [3.8, 4) is 0 Å². The molecule has 6 heteroatoms. The molecule has 3 atom stereocenters. The van der Waals surface area contributed by atoms with Gasteiger partial charge < -0.3 is 14.2 Å². The predicted molar refractivity (Wildman–Crippen MR) is 124 cm³/mol. The lowest BCUT2D eigenvalue weighted by Crippen LogP contribution is -2.35. The fourth-order valence-corrected chi connectivity index (χ4v) is 5.83. The Hall–Kier alpha value is -2.70. The van der Waals surface area contributed by atoms with Crippen LogP contribution in [0, 0.1) is 5.82 Å². The minimum absolute atomic E-state index is 0.0737. The molecule has 2 heterocycles. The molecule has 1 aliphatic heterocycles. The topological polar surface area (TPSA) is 37.7 Å². The molecule has 0 radical (unpaired) electrons. The van der Waals surface area contributed by atoms with Crippen molar-refractivity contribution in [3.63, 3.8) is 0 Å². The maximum absolute atomic E-state index is 14.7. The van der Waals surface area contributed by atoms with Crippen molar-refractivity contribution in [2.45, 2.75) is 30.8 Å². The fraction of sp³-hybridized carbons (Fsp3) is 0.423. The quantitative estimate of drug-likeness (QED) is 0.578. The lowest BCUT2D eigenvalue weighted by Gasteiger charge is -2.26. The van der Waals surface area contributed by atoms with Crippen LogP contribution < -0.4 is 0 Å². The van der Waals surface area contributed by atoms with Crippen LogP contribution in [0.5, 0.6) is 0 Å². The molecule has 1 aromatic heterocycles. The van der Waals surface area contributed by atoms with Crippen LogP contribution in [0.2, 0.25) is 0 Å². The van der Waals surface area contributed by atoms with E-state index in [1.54, 1.807) is 6.07 Å². The zero-order valence-corrected chi connectivity index (χ0v) is 19.1. The highest BCUT2D eigenvalue weighted by Crippen LogP contribution is 2.43. The minimum Gasteiger partial charge on any atom is -0.465 e. The number of hydrogen-bond donors (Lipinski definition) is 0. The number of methoxy groups -OCH3 is 1. The van der Waals surface area contributed by atoms with Gasteiger partial charge in [-0.05, 0) is 56.3 Å². The highest BCUT2D eigenvalue weighted by Gasteiger charge is 2.42. The molecule has 32 heavy (non-hydrogen) atoms. The van der Waals surface area contributed by atoms with E-state index in [1.807, 2.05) is 31.3 Å². The fourth-order valence-electron chi connectivity index (χ4n) is 5.83. The van der Waals surface area contributed by atoms with Gasteiger partial charge in [-0.1, -0.05) is 18.2 Å². The number of aryl methyl sites for hydroxylation is 2. The van der Waals surface area contributed by atoms with E-state index in [1.165, 1.54) is 12.7 Å².